The molecular weight excluding hydrogens is 232 g/mol. The second-order valence-corrected chi connectivity index (χ2v) is 5.63. The predicted molar refractivity (Wildman–Crippen MR) is 70.7 cm³/mol. The van der Waals surface area contributed by atoms with Gasteiger partial charge in [-0.3, -0.25) is 4.79 Å². The molecule has 1 saturated heterocycles. The summed E-state index contributed by atoms with van der Waals surface area (Å²) in [5, 5.41) is 0. The van der Waals surface area contributed by atoms with Crippen LogP contribution in [0.1, 0.15) is 37.0 Å². The summed E-state index contributed by atoms with van der Waals surface area (Å²) in [6.45, 7) is 3.73. The molecule has 2 atom stereocenters. The number of hydrogen-bond donors (Lipinski definition) is 0. The third kappa shape index (κ3) is 3.58. The molecule has 17 heavy (non-hydrogen) atoms. The Labute approximate surface area is 107 Å². The summed E-state index contributed by atoms with van der Waals surface area (Å²) < 4.78 is 5.77. The van der Waals surface area contributed by atoms with Crippen molar-refractivity contribution in [2.45, 2.75) is 43.8 Å². The lowest BCUT2D eigenvalue weighted by atomic mass is 10.2. The molecule has 2 nitrogen and oxygen atoms in total. The van der Waals surface area contributed by atoms with Crippen molar-refractivity contribution in [3.63, 3.8) is 0 Å². The summed E-state index contributed by atoms with van der Waals surface area (Å²) in [4.78, 5) is 12.4. The predicted octanol–water partition coefficient (Wildman–Crippen LogP) is 3.55. The van der Waals surface area contributed by atoms with Crippen LogP contribution in [0, 0.1) is 0 Å². The minimum absolute atomic E-state index is 0.123. The van der Waals surface area contributed by atoms with E-state index < -0.39 is 0 Å². The van der Waals surface area contributed by atoms with Crippen LogP contribution in [0.25, 0.3) is 0 Å². The van der Waals surface area contributed by atoms with Crippen LogP contribution in [-0.4, -0.2) is 23.7 Å². The molecule has 3 heteroatoms. The molecule has 0 amide bonds. The highest BCUT2D eigenvalue weighted by Gasteiger charge is 2.21. The Morgan fingerprint density at radius 1 is 1.47 bits per heavy atom. The number of rotatable bonds is 4. The van der Waals surface area contributed by atoms with Gasteiger partial charge in [0.25, 0.3) is 0 Å². The van der Waals surface area contributed by atoms with Gasteiger partial charge in [-0.2, -0.15) is 0 Å². The molecule has 1 fully saturated rings. The first-order chi connectivity index (χ1) is 8.15. The standard InChI is InChI=1S/C14H18O2S/c1-10-6-7-13(16-10)9-17-14-5-3-4-12(8-14)11(2)15/h3-5,8,10,13H,6-7,9H2,1-2H3. The number of benzene rings is 1. The van der Waals surface area contributed by atoms with Crippen molar-refractivity contribution in [3.05, 3.63) is 29.8 Å². The second-order valence-electron chi connectivity index (χ2n) is 4.54. The number of Topliss-reactive ketones (excluding diaryl/α,β-unsaturated/α-hetero) is 1. The van der Waals surface area contributed by atoms with Crippen molar-refractivity contribution in [2.24, 2.45) is 0 Å². The Balaban J connectivity index is 1.90. The van der Waals surface area contributed by atoms with E-state index in [-0.39, 0.29) is 5.78 Å². The van der Waals surface area contributed by atoms with Gasteiger partial charge in [-0.1, -0.05) is 12.1 Å². The SMILES string of the molecule is CC(=O)c1cccc(SCC2CCC(C)O2)c1. The van der Waals surface area contributed by atoms with Gasteiger partial charge in [0.1, 0.15) is 0 Å². The average Bonchev–Trinajstić information content (AvgIpc) is 2.73. The number of carbonyl (C=O) groups is 1. The lowest BCUT2D eigenvalue weighted by Crippen LogP contribution is -2.10. The zero-order valence-corrected chi connectivity index (χ0v) is 11.1. The molecule has 1 heterocycles. The first-order valence-electron chi connectivity index (χ1n) is 6.04. The van der Waals surface area contributed by atoms with Gasteiger partial charge in [0.05, 0.1) is 12.2 Å². The molecule has 1 aromatic rings. The summed E-state index contributed by atoms with van der Waals surface area (Å²) in [6, 6.07) is 7.82. The summed E-state index contributed by atoms with van der Waals surface area (Å²) in [7, 11) is 0. The van der Waals surface area contributed by atoms with Gasteiger partial charge in [0.2, 0.25) is 0 Å². The zero-order valence-electron chi connectivity index (χ0n) is 10.3. The Bertz CT molecular complexity index is 403. The summed E-state index contributed by atoms with van der Waals surface area (Å²) in [5.41, 5.74) is 0.788. The van der Waals surface area contributed by atoms with E-state index in [1.807, 2.05) is 18.2 Å². The molecule has 0 bridgehead atoms. The fourth-order valence-electron chi connectivity index (χ4n) is 2.00. The average molecular weight is 250 g/mol. The highest BCUT2D eigenvalue weighted by Crippen LogP contribution is 2.26. The fourth-order valence-corrected chi connectivity index (χ4v) is 3.01. The molecule has 92 valence electrons. The maximum atomic E-state index is 11.3. The van der Waals surface area contributed by atoms with Gasteiger partial charge in [-0.05, 0) is 38.8 Å². The quantitative estimate of drug-likeness (QED) is 0.604. The minimum atomic E-state index is 0.123. The smallest absolute Gasteiger partial charge is 0.159 e. The van der Waals surface area contributed by atoms with Crippen LogP contribution in [0.4, 0.5) is 0 Å². The number of carbonyl (C=O) groups excluding carboxylic acids is 1. The van der Waals surface area contributed by atoms with Crippen LogP contribution in [-0.2, 0) is 4.74 Å². The Morgan fingerprint density at radius 3 is 2.94 bits per heavy atom. The molecule has 1 aliphatic rings. The highest BCUT2D eigenvalue weighted by atomic mass is 32.2. The van der Waals surface area contributed by atoms with E-state index in [0.717, 1.165) is 22.6 Å². The lowest BCUT2D eigenvalue weighted by molar-refractivity contribution is 0.0700. The molecule has 0 aromatic heterocycles. The summed E-state index contributed by atoms with van der Waals surface area (Å²) in [5.74, 6) is 1.10. The first kappa shape index (κ1) is 12.7. The molecule has 0 spiro atoms. The van der Waals surface area contributed by atoms with Crippen LogP contribution >= 0.6 is 11.8 Å². The van der Waals surface area contributed by atoms with Crippen LogP contribution in [0.3, 0.4) is 0 Å². The fraction of sp³-hybridized carbons (Fsp3) is 0.500. The molecule has 1 aliphatic heterocycles. The highest BCUT2D eigenvalue weighted by molar-refractivity contribution is 7.99. The molecule has 2 rings (SSSR count). The second kappa shape index (κ2) is 5.69. The van der Waals surface area contributed by atoms with Gasteiger partial charge < -0.3 is 4.74 Å². The van der Waals surface area contributed by atoms with Gasteiger partial charge in [-0.15, -0.1) is 11.8 Å². The number of hydrogen-bond acceptors (Lipinski definition) is 3. The van der Waals surface area contributed by atoms with Crippen molar-refractivity contribution in [3.8, 4) is 0 Å². The molecular formula is C14H18O2S. The van der Waals surface area contributed by atoms with E-state index in [2.05, 4.69) is 13.0 Å². The molecule has 1 aromatic carbocycles. The maximum Gasteiger partial charge on any atom is 0.159 e. The molecule has 0 saturated carbocycles. The molecule has 0 N–H and O–H groups in total. The van der Waals surface area contributed by atoms with Crippen molar-refractivity contribution in [1.82, 2.24) is 0 Å². The third-order valence-corrected chi connectivity index (χ3v) is 4.12. The Morgan fingerprint density at radius 2 is 2.29 bits per heavy atom. The minimum Gasteiger partial charge on any atom is -0.374 e. The summed E-state index contributed by atoms with van der Waals surface area (Å²) in [6.07, 6.45) is 3.10. The van der Waals surface area contributed by atoms with Crippen LogP contribution < -0.4 is 0 Å². The van der Waals surface area contributed by atoms with E-state index in [9.17, 15) is 4.79 Å². The van der Waals surface area contributed by atoms with Gasteiger partial charge in [0.15, 0.2) is 5.78 Å². The molecule has 2 unspecified atom stereocenters. The van der Waals surface area contributed by atoms with Crippen molar-refractivity contribution < 1.29 is 9.53 Å². The van der Waals surface area contributed by atoms with Crippen molar-refractivity contribution >= 4 is 17.5 Å². The van der Waals surface area contributed by atoms with E-state index in [1.165, 1.54) is 6.42 Å². The van der Waals surface area contributed by atoms with Crippen molar-refractivity contribution in [2.75, 3.05) is 5.75 Å². The Hall–Kier alpha value is -0.800. The van der Waals surface area contributed by atoms with Crippen LogP contribution in [0.5, 0.6) is 0 Å². The largest absolute Gasteiger partial charge is 0.374 e. The van der Waals surface area contributed by atoms with Gasteiger partial charge >= 0.3 is 0 Å². The van der Waals surface area contributed by atoms with Crippen LogP contribution in [0.15, 0.2) is 29.2 Å². The van der Waals surface area contributed by atoms with Crippen LogP contribution in [0.2, 0.25) is 0 Å². The number of thioether (sulfide) groups is 1. The first-order valence-corrected chi connectivity index (χ1v) is 7.03. The topological polar surface area (TPSA) is 26.3 Å². The number of ether oxygens (including phenoxy) is 1. The van der Waals surface area contributed by atoms with E-state index in [1.54, 1.807) is 18.7 Å². The van der Waals surface area contributed by atoms with E-state index in [4.69, 9.17) is 4.74 Å². The zero-order chi connectivity index (χ0) is 12.3. The third-order valence-electron chi connectivity index (χ3n) is 3.00. The summed E-state index contributed by atoms with van der Waals surface area (Å²) >= 11 is 1.77. The monoisotopic (exact) mass is 250 g/mol. The maximum absolute atomic E-state index is 11.3. The van der Waals surface area contributed by atoms with Gasteiger partial charge in [-0.25, -0.2) is 0 Å². The molecule has 0 radical (unpaired) electrons. The van der Waals surface area contributed by atoms with Gasteiger partial charge in [0, 0.05) is 16.2 Å². The van der Waals surface area contributed by atoms with E-state index in [0.29, 0.717) is 12.2 Å². The number of ketones is 1. The van der Waals surface area contributed by atoms with Crippen molar-refractivity contribution in [1.29, 1.82) is 0 Å². The normalized spacial score (nSPS) is 23.9. The lowest BCUT2D eigenvalue weighted by Gasteiger charge is -2.10. The molecule has 0 aliphatic carbocycles. The van der Waals surface area contributed by atoms with E-state index >= 15 is 0 Å². The Kier molecular flexibility index (Phi) is 4.24.